The fraction of sp³-hybridized carbons (Fsp3) is 0.160. The van der Waals surface area contributed by atoms with Gasteiger partial charge in [-0.25, -0.2) is 9.97 Å². The summed E-state index contributed by atoms with van der Waals surface area (Å²) in [4.78, 5) is 23.4. The van der Waals surface area contributed by atoms with Crippen molar-refractivity contribution in [2.45, 2.75) is 27.7 Å². The van der Waals surface area contributed by atoms with Gasteiger partial charge in [0.1, 0.15) is 0 Å². The molecule has 3 aromatic rings. The molecule has 0 aliphatic rings. The lowest BCUT2D eigenvalue weighted by Gasteiger charge is -1.98. The first-order valence-corrected chi connectivity index (χ1v) is 12.2. The van der Waals surface area contributed by atoms with E-state index in [4.69, 9.17) is 0 Å². The number of aryl methyl sites for hydroxylation is 2. The number of H-pyrrole nitrogens is 1. The second-order valence-corrected chi connectivity index (χ2v) is 9.12. The zero-order valence-electron chi connectivity index (χ0n) is 19.6. The molecule has 0 spiro atoms. The van der Waals surface area contributed by atoms with Crippen LogP contribution in [0.4, 0.5) is 10.8 Å². The van der Waals surface area contributed by atoms with Crippen molar-refractivity contribution in [3.8, 4) is 5.13 Å². The molecule has 9 heteroatoms. The summed E-state index contributed by atoms with van der Waals surface area (Å²) in [6.45, 7) is 15.6. The van der Waals surface area contributed by atoms with Crippen molar-refractivity contribution in [1.82, 2.24) is 19.7 Å². The van der Waals surface area contributed by atoms with E-state index in [1.807, 2.05) is 69.5 Å². The van der Waals surface area contributed by atoms with Crippen molar-refractivity contribution in [1.29, 1.82) is 0 Å². The van der Waals surface area contributed by atoms with E-state index in [1.54, 1.807) is 12.2 Å². The number of azo groups is 1. The number of hydrogen-bond donors (Lipinski definition) is 1. The summed E-state index contributed by atoms with van der Waals surface area (Å²) >= 11 is 2.76. The van der Waals surface area contributed by atoms with E-state index < -0.39 is 0 Å². The Labute approximate surface area is 206 Å². The molecular weight excluding hydrogens is 464 g/mol. The summed E-state index contributed by atoms with van der Waals surface area (Å²) in [7, 11) is 0. The average molecular weight is 491 g/mol. The minimum Gasteiger partial charge on any atom is -0.286 e. The highest BCUT2D eigenvalue weighted by Gasteiger charge is 2.19. The van der Waals surface area contributed by atoms with Crippen LogP contribution in [0.5, 0.6) is 0 Å². The van der Waals surface area contributed by atoms with Gasteiger partial charge in [0.2, 0.25) is 10.3 Å². The number of nitrogens with one attached hydrogen (secondary N) is 1. The van der Waals surface area contributed by atoms with Crippen LogP contribution in [0.1, 0.15) is 35.8 Å². The Morgan fingerprint density at radius 1 is 1.15 bits per heavy atom. The summed E-state index contributed by atoms with van der Waals surface area (Å²) in [6.07, 6.45) is 14.9. The van der Waals surface area contributed by atoms with Crippen LogP contribution in [0.25, 0.3) is 16.3 Å². The molecule has 0 aliphatic heterocycles. The number of thiazole rings is 2. The predicted octanol–water partition coefficient (Wildman–Crippen LogP) is 7.40. The molecule has 3 heterocycles. The summed E-state index contributed by atoms with van der Waals surface area (Å²) in [5.41, 5.74) is 3.36. The lowest BCUT2D eigenvalue weighted by Crippen LogP contribution is -2.13. The molecule has 0 saturated heterocycles. The Bertz CT molecular complexity index is 1390. The third-order valence-electron chi connectivity index (χ3n) is 4.66. The van der Waals surface area contributed by atoms with Gasteiger partial charge in [0.05, 0.1) is 17.1 Å². The molecule has 0 atom stereocenters. The maximum Gasteiger partial charge on any atom is 0.301 e. The summed E-state index contributed by atoms with van der Waals surface area (Å²) in [5.74, 6) is 0. The van der Waals surface area contributed by atoms with Gasteiger partial charge in [-0.15, -0.1) is 21.6 Å². The molecule has 0 aromatic carbocycles. The van der Waals surface area contributed by atoms with Crippen LogP contribution < -0.4 is 5.56 Å². The van der Waals surface area contributed by atoms with Gasteiger partial charge in [0.15, 0.2) is 5.69 Å². The molecule has 0 fully saturated rings. The molecule has 0 unspecified atom stereocenters. The lowest BCUT2D eigenvalue weighted by molar-refractivity contribution is 0.834. The van der Waals surface area contributed by atoms with Gasteiger partial charge in [0, 0.05) is 15.8 Å². The topological polar surface area (TPSA) is 88.3 Å². The van der Waals surface area contributed by atoms with E-state index in [0.717, 1.165) is 21.8 Å². The number of nitrogens with zero attached hydrogens (tertiary/aromatic N) is 5. The minimum absolute atomic E-state index is 0.146. The van der Waals surface area contributed by atoms with Gasteiger partial charge < -0.3 is 0 Å². The highest BCUT2D eigenvalue weighted by molar-refractivity contribution is 7.15. The van der Waals surface area contributed by atoms with Crippen LogP contribution in [-0.4, -0.2) is 19.7 Å². The zero-order valence-corrected chi connectivity index (χ0v) is 21.2. The Morgan fingerprint density at radius 3 is 2.59 bits per heavy atom. The van der Waals surface area contributed by atoms with E-state index in [1.165, 1.54) is 27.4 Å². The zero-order chi connectivity index (χ0) is 24.7. The normalized spacial score (nSPS) is 12.8. The highest BCUT2D eigenvalue weighted by atomic mass is 32.1. The smallest absolute Gasteiger partial charge is 0.286 e. The van der Waals surface area contributed by atoms with Gasteiger partial charge in [-0.3, -0.25) is 9.89 Å². The minimum atomic E-state index is -0.370. The molecular formula is C25H26N6OS2. The fourth-order valence-electron chi connectivity index (χ4n) is 2.87. The highest BCUT2D eigenvalue weighted by Crippen LogP contribution is 2.29. The third-order valence-corrected chi connectivity index (χ3v) is 6.45. The van der Waals surface area contributed by atoms with Crippen LogP contribution in [0.15, 0.2) is 82.2 Å². The van der Waals surface area contributed by atoms with Gasteiger partial charge in [-0.2, -0.15) is 4.68 Å². The molecule has 3 aromatic heterocycles. The summed E-state index contributed by atoms with van der Waals surface area (Å²) in [5, 5.41) is 14.5. The van der Waals surface area contributed by atoms with E-state index in [0.29, 0.717) is 21.5 Å². The molecule has 3 rings (SSSR count). The molecule has 0 radical (unpaired) electrons. The monoisotopic (exact) mass is 490 g/mol. The van der Waals surface area contributed by atoms with E-state index in [9.17, 15) is 4.79 Å². The average Bonchev–Trinajstić information content (AvgIpc) is 3.50. The van der Waals surface area contributed by atoms with Gasteiger partial charge in [-0.05, 0) is 33.3 Å². The molecule has 0 amide bonds. The van der Waals surface area contributed by atoms with Crippen LogP contribution in [-0.2, 0) is 0 Å². The fourth-order valence-corrected chi connectivity index (χ4v) is 4.39. The van der Waals surface area contributed by atoms with Crippen molar-refractivity contribution in [2.75, 3.05) is 0 Å². The molecule has 0 saturated carbocycles. The number of hydrogen-bond acceptors (Lipinski definition) is 7. The Hall–Kier alpha value is -3.69. The third kappa shape index (κ3) is 5.62. The molecule has 1 N–H and O–H groups in total. The standard InChI is InChI=1S/C25H26N6OS2/c1-7-10-11-14-16(4)21-22(28-29-24-26-17(5)18(6)34-24)23(32)31(30-21)25-27-20(15-33-25)19(12-8-2)13-9-3/h7-15,30H,2,4H2,1,3,5-6H3/b10-7-,13-9-,14-11-,19-12+,29-28?. The summed E-state index contributed by atoms with van der Waals surface area (Å²) < 4.78 is 1.37. The molecule has 0 aliphatic carbocycles. The predicted molar refractivity (Wildman–Crippen MR) is 144 cm³/mol. The maximum absolute atomic E-state index is 13.4. The van der Waals surface area contributed by atoms with E-state index in [-0.39, 0.29) is 11.2 Å². The first-order chi connectivity index (χ1) is 16.4. The Morgan fingerprint density at radius 2 is 1.94 bits per heavy atom. The first-order valence-electron chi connectivity index (χ1n) is 10.5. The first kappa shape index (κ1) is 24.9. The van der Waals surface area contributed by atoms with Crippen LogP contribution in [0.2, 0.25) is 0 Å². The molecule has 34 heavy (non-hydrogen) atoms. The molecule has 7 nitrogen and oxygen atoms in total. The van der Waals surface area contributed by atoms with Crippen molar-refractivity contribution >= 4 is 44.6 Å². The van der Waals surface area contributed by atoms with Crippen LogP contribution in [0.3, 0.4) is 0 Å². The van der Waals surface area contributed by atoms with E-state index in [2.05, 4.69) is 38.5 Å². The second kappa shape index (κ2) is 11.4. The van der Waals surface area contributed by atoms with Crippen molar-refractivity contribution in [2.24, 2.45) is 10.2 Å². The van der Waals surface area contributed by atoms with Gasteiger partial charge in [0.25, 0.3) is 0 Å². The van der Waals surface area contributed by atoms with Gasteiger partial charge in [-0.1, -0.05) is 73.1 Å². The van der Waals surface area contributed by atoms with Crippen molar-refractivity contribution in [3.05, 3.63) is 99.5 Å². The molecule has 0 bridgehead atoms. The van der Waals surface area contributed by atoms with E-state index >= 15 is 0 Å². The number of aromatic amines is 1. The lowest BCUT2D eigenvalue weighted by atomic mass is 10.2. The van der Waals surface area contributed by atoms with Crippen molar-refractivity contribution in [3.63, 3.8) is 0 Å². The quantitative estimate of drug-likeness (QED) is 0.250. The van der Waals surface area contributed by atoms with Crippen LogP contribution >= 0.6 is 22.7 Å². The number of aromatic nitrogens is 4. The largest absolute Gasteiger partial charge is 0.301 e. The second-order valence-electron chi connectivity index (χ2n) is 7.10. The van der Waals surface area contributed by atoms with Gasteiger partial charge >= 0.3 is 5.56 Å². The SMILES string of the molecule is C=C/C=C(\C=C/C)c1csc(-n2[nH]c(C(=C)/C=C\C=C/C)c(N=Nc3nc(C)c(C)s3)c2=O)n1. The summed E-state index contributed by atoms with van der Waals surface area (Å²) in [6, 6.07) is 0. The number of rotatable bonds is 9. The molecule has 174 valence electrons. The van der Waals surface area contributed by atoms with Crippen molar-refractivity contribution < 1.29 is 0 Å². The Kier molecular flexibility index (Phi) is 8.39. The maximum atomic E-state index is 13.4. The number of allylic oxidation sites excluding steroid dienone is 10. The Balaban J connectivity index is 2.10. The van der Waals surface area contributed by atoms with Crippen LogP contribution in [0, 0.1) is 13.8 Å².